The second kappa shape index (κ2) is 21.5. The van der Waals surface area contributed by atoms with Gasteiger partial charge in [0, 0.05) is 26.4 Å². The van der Waals surface area contributed by atoms with E-state index in [1.807, 2.05) is 0 Å². The summed E-state index contributed by atoms with van der Waals surface area (Å²) in [5.41, 5.74) is -0.723. The molecule has 0 atom stereocenters. The third-order valence-electron chi connectivity index (χ3n) is 4.94. The summed E-state index contributed by atoms with van der Waals surface area (Å²) in [5.74, 6) is -3.65. The van der Waals surface area contributed by atoms with Gasteiger partial charge in [-0.3, -0.25) is 0 Å². The van der Waals surface area contributed by atoms with Crippen molar-refractivity contribution in [2.24, 2.45) is 0 Å². The van der Waals surface area contributed by atoms with E-state index in [9.17, 15) is 19.2 Å². The van der Waals surface area contributed by atoms with Crippen LogP contribution >= 0.6 is 0 Å². The third kappa shape index (κ3) is 13.2. The lowest BCUT2D eigenvalue weighted by molar-refractivity contribution is -0.146. The van der Waals surface area contributed by atoms with Gasteiger partial charge < -0.3 is 37.9 Å². The summed E-state index contributed by atoms with van der Waals surface area (Å²) in [6, 6.07) is 5.55. The molecule has 0 saturated heterocycles. The first kappa shape index (κ1) is 34.7. The quantitative estimate of drug-likeness (QED) is 0.0924. The molecule has 0 aliphatic heterocycles. The van der Waals surface area contributed by atoms with Crippen molar-refractivity contribution in [2.75, 3.05) is 79.3 Å². The zero-order valence-electron chi connectivity index (χ0n) is 23.7. The highest BCUT2D eigenvalue weighted by Crippen LogP contribution is 2.05. The van der Waals surface area contributed by atoms with Gasteiger partial charge in [-0.05, 0) is 38.1 Å². The Labute approximate surface area is 234 Å². The van der Waals surface area contributed by atoms with E-state index in [-0.39, 0.29) is 74.4 Å². The van der Waals surface area contributed by atoms with Crippen molar-refractivity contribution < 1.29 is 57.1 Å². The van der Waals surface area contributed by atoms with Crippen LogP contribution in [0.5, 0.6) is 0 Å². The lowest BCUT2D eigenvalue weighted by Gasteiger charge is -2.10. The number of esters is 4. The molecule has 1 aromatic rings. The van der Waals surface area contributed by atoms with Crippen LogP contribution in [-0.2, 0) is 57.1 Å². The van der Waals surface area contributed by atoms with E-state index >= 15 is 0 Å². The van der Waals surface area contributed by atoms with Crippen molar-refractivity contribution in [3.05, 3.63) is 34.7 Å². The normalized spacial score (nSPS) is 10.5. The van der Waals surface area contributed by atoms with E-state index in [0.717, 1.165) is 0 Å². The molecule has 0 bridgehead atoms. The average molecular weight is 569 g/mol. The van der Waals surface area contributed by atoms with Crippen molar-refractivity contribution in [1.29, 1.82) is 0 Å². The lowest BCUT2D eigenvalue weighted by Crippen LogP contribution is -2.29. The van der Waals surface area contributed by atoms with Crippen molar-refractivity contribution >= 4 is 35.0 Å². The van der Waals surface area contributed by atoms with Crippen LogP contribution in [0.1, 0.15) is 27.7 Å². The molecule has 0 aromatic heterocycles. The van der Waals surface area contributed by atoms with Gasteiger partial charge in [-0.2, -0.15) is 0 Å². The highest BCUT2D eigenvalue weighted by atomic mass is 16.6. The first-order valence-electron chi connectivity index (χ1n) is 13.2. The molecule has 0 amide bonds. The zero-order chi connectivity index (χ0) is 29.6. The fraction of sp³-hybridized carbons (Fsp3) is 0.571. The van der Waals surface area contributed by atoms with Gasteiger partial charge in [0.15, 0.2) is 11.1 Å². The Balaban J connectivity index is 3.40. The van der Waals surface area contributed by atoms with Gasteiger partial charge in [0.2, 0.25) is 0 Å². The fourth-order valence-corrected chi connectivity index (χ4v) is 3.08. The molecule has 0 unspecified atom stereocenters. The molecule has 0 spiro atoms. The number of carbonyl (C=O) groups excluding carboxylic acids is 4. The molecule has 0 N–H and O–H groups in total. The van der Waals surface area contributed by atoms with Crippen molar-refractivity contribution in [2.45, 2.75) is 27.7 Å². The summed E-state index contributed by atoms with van der Waals surface area (Å²) in [6.45, 7) is 9.29. The summed E-state index contributed by atoms with van der Waals surface area (Å²) >= 11 is 0. The van der Waals surface area contributed by atoms with Gasteiger partial charge >= 0.3 is 23.9 Å². The minimum absolute atomic E-state index is 0.0699. The van der Waals surface area contributed by atoms with Gasteiger partial charge in [0.05, 0.1) is 26.4 Å². The van der Waals surface area contributed by atoms with E-state index in [1.165, 1.54) is 24.3 Å². The number of ether oxygens (including phenoxy) is 8. The molecule has 40 heavy (non-hydrogen) atoms. The maximum Gasteiger partial charge on any atom is 0.346 e. The van der Waals surface area contributed by atoms with Crippen molar-refractivity contribution in [3.63, 3.8) is 0 Å². The van der Waals surface area contributed by atoms with Crippen LogP contribution in [0.3, 0.4) is 0 Å². The minimum atomic E-state index is -0.913. The Morgan fingerprint density at radius 1 is 0.425 bits per heavy atom. The largest absolute Gasteiger partial charge is 0.459 e. The third-order valence-corrected chi connectivity index (χ3v) is 4.94. The van der Waals surface area contributed by atoms with Crippen LogP contribution in [-0.4, -0.2) is 103 Å². The molecule has 0 fully saturated rings. The Morgan fingerprint density at radius 2 is 0.650 bits per heavy atom. The summed E-state index contributed by atoms with van der Waals surface area (Å²) < 4.78 is 41.4. The Bertz CT molecular complexity index is 891. The molecule has 224 valence electrons. The second-order valence-corrected chi connectivity index (χ2v) is 7.66. The average Bonchev–Trinajstić information content (AvgIpc) is 2.95. The first-order chi connectivity index (χ1) is 19.4. The van der Waals surface area contributed by atoms with Gasteiger partial charge in [0.1, 0.15) is 26.4 Å². The molecule has 1 rings (SSSR count). The highest BCUT2D eigenvalue weighted by molar-refractivity contribution is 6.37. The van der Waals surface area contributed by atoms with E-state index in [0.29, 0.717) is 26.4 Å². The van der Waals surface area contributed by atoms with Crippen LogP contribution in [0.2, 0.25) is 0 Å². The second-order valence-electron chi connectivity index (χ2n) is 7.66. The van der Waals surface area contributed by atoms with Crippen LogP contribution in [0.25, 0.3) is 11.1 Å². The number of benzene rings is 1. The predicted molar refractivity (Wildman–Crippen MR) is 142 cm³/mol. The minimum Gasteiger partial charge on any atom is -0.459 e. The number of hydrogen-bond acceptors (Lipinski definition) is 12. The summed E-state index contributed by atoms with van der Waals surface area (Å²) in [4.78, 5) is 51.2. The maximum absolute atomic E-state index is 12.8. The topological polar surface area (TPSA) is 142 Å². The van der Waals surface area contributed by atoms with Gasteiger partial charge in [0.25, 0.3) is 0 Å². The molecule has 0 aliphatic carbocycles. The standard InChI is InChI=1S/C28H40O12/c1-5-33-13-17-37-25(29)23(26(30)38-18-14-34-6-2)21-9-11-22(12-10-21)24(27(31)39-19-15-35-7-3)28(32)40-20-16-36-8-4/h9-12H,5-8,13-20H2,1-4H3. The fourth-order valence-electron chi connectivity index (χ4n) is 3.08. The molecule has 0 radical (unpaired) electrons. The summed E-state index contributed by atoms with van der Waals surface area (Å²) in [5, 5.41) is 0.306. The molecule has 1 aromatic carbocycles. The van der Waals surface area contributed by atoms with Gasteiger partial charge in [-0.15, -0.1) is 0 Å². The summed E-state index contributed by atoms with van der Waals surface area (Å²) in [7, 11) is 0. The Hall–Kier alpha value is -3.32. The Kier molecular flexibility index (Phi) is 18.7. The molecule has 0 saturated carbocycles. The molecule has 12 nitrogen and oxygen atoms in total. The first-order valence-corrected chi connectivity index (χ1v) is 13.2. The van der Waals surface area contributed by atoms with E-state index in [4.69, 9.17) is 37.9 Å². The zero-order valence-corrected chi connectivity index (χ0v) is 23.7. The smallest absolute Gasteiger partial charge is 0.346 e. The van der Waals surface area contributed by atoms with E-state index in [1.54, 1.807) is 27.7 Å². The highest BCUT2D eigenvalue weighted by Gasteiger charge is 2.24. The molecular formula is C28H40O12. The number of carbonyl (C=O) groups is 4. The summed E-state index contributed by atoms with van der Waals surface area (Å²) in [6.07, 6.45) is 0. The molecule has 0 aliphatic rings. The van der Waals surface area contributed by atoms with Crippen molar-refractivity contribution in [3.8, 4) is 0 Å². The maximum atomic E-state index is 12.8. The predicted octanol–water partition coefficient (Wildman–Crippen LogP) is 0.307. The lowest BCUT2D eigenvalue weighted by atomic mass is 10.1. The SMILES string of the molecule is CCOCCOC(=O)C(C(=O)OCCOCC)=c1ccc(=C(C(=O)OCCOCC)C(=O)OCCOCC)cc1. The van der Waals surface area contributed by atoms with Gasteiger partial charge in [-0.25, -0.2) is 19.2 Å². The van der Waals surface area contributed by atoms with E-state index in [2.05, 4.69) is 0 Å². The number of rotatable bonds is 20. The van der Waals surface area contributed by atoms with Crippen LogP contribution in [0.15, 0.2) is 24.3 Å². The molecule has 0 heterocycles. The molecule has 12 heteroatoms. The van der Waals surface area contributed by atoms with Crippen LogP contribution in [0, 0.1) is 0 Å². The number of hydrogen-bond donors (Lipinski definition) is 0. The van der Waals surface area contributed by atoms with Crippen LogP contribution < -0.4 is 10.4 Å². The van der Waals surface area contributed by atoms with Gasteiger partial charge in [-0.1, -0.05) is 24.3 Å². The monoisotopic (exact) mass is 568 g/mol. The molecular weight excluding hydrogens is 528 g/mol. The Morgan fingerprint density at radius 3 is 0.850 bits per heavy atom. The van der Waals surface area contributed by atoms with E-state index < -0.39 is 23.9 Å². The van der Waals surface area contributed by atoms with Crippen LogP contribution in [0.4, 0.5) is 0 Å². The van der Waals surface area contributed by atoms with Crippen molar-refractivity contribution in [1.82, 2.24) is 0 Å².